The van der Waals surface area contributed by atoms with Gasteiger partial charge in [0.05, 0.1) is 19.3 Å². The maximum absolute atomic E-state index is 13.4. The van der Waals surface area contributed by atoms with Crippen LogP contribution >= 0.6 is 0 Å². The third-order valence-electron chi connectivity index (χ3n) is 5.61. The molecule has 34 heavy (non-hydrogen) atoms. The summed E-state index contributed by atoms with van der Waals surface area (Å²) < 4.78 is 20.4. The van der Waals surface area contributed by atoms with E-state index in [0.717, 1.165) is 24.1 Å². The third-order valence-corrected chi connectivity index (χ3v) is 5.61. The normalized spacial score (nSPS) is 13.1. The van der Waals surface area contributed by atoms with Crippen LogP contribution in [0.25, 0.3) is 16.9 Å². The van der Waals surface area contributed by atoms with Crippen LogP contribution in [0.2, 0.25) is 0 Å². The van der Waals surface area contributed by atoms with E-state index in [0.29, 0.717) is 23.9 Å². The molecular weight excluding hydrogens is 435 g/mol. The van der Waals surface area contributed by atoms with Crippen molar-refractivity contribution in [2.75, 3.05) is 25.5 Å². The average Bonchev–Trinajstić information content (AvgIpc) is 3.59. The molecule has 0 atom stereocenters. The fraction of sp³-hybridized carbons (Fsp3) is 0.346. The smallest absolute Gasteiger partial charge is 0.246 e. The Morgan fingerprint density at radius 1 is 1.15 bits per heavy atom. The number of carbonyl (C=O) groups excluding carboxylic acids is 2. The van der Waals surface area contributed by atoms with Gasteiger partial charge in [0.1, 0.15) is 11.6 Å². The zero-order valence-electron chi connectivity index (χ0n) is 19.6. The van der Waals surface area contributed by atoms with E-state index in [1.54, 1.807) is 34.9 Å². The van der Waals surface area contributed by atoms with Crippen molar-refractivity contribution in [1.29, 1.82) is 0 Å². The molecule has 2 amide bonds. The van der Waals surface area contributed by atoms with Crippen LogP contribution in [0.3, 0.4) is 0 Å². The van der Waals surface area contributed by atoms with E-state index in [4.69, 9.17) is 4.74 Å². The van der Waals surface area contributed by atoms with Crippen LogP contribution in [0.5, 0.6) is 5.75 Å². The van der Waals surface area contributed by atoms with E-state index in [-0.39, 0.29) is 36.0 Å². The number of benzene rings is 2. The lowest BCUT2D eigenvalue weighted by Gasteiger charge is -2.24. The molecule has 1 aromatic heterocycles. The van der Waals surface area contributed by atoms with Gasteiger partial charge in [0.15, 0.2) is 0 Å². The number of anilines is 1. The van der Waals surface area contributed by atoms with Crippen LogP contribution in [-0.4, -0.2) is 46.5 Å². The van der Waals surface area contributed by atoms with Gasteiger partial charge < -0.3 is 9.64 Å². The van der Waals surface area contributed by atoms with Crippen molar-refractivity contribution in [2.24, 2.45) is 11.8 Å². The number of nitrogens with zero attached hydrogens (tertiary/aromatic N) is 3. The molecule has 3 aromatic rings. The number of carbonyl (C=O) groups is 2. The summed E-state index contributed by atoms with van der Waals surface area (Å²) in [6.07, 6.45) is 3.56. The molecule has 1 aliphatic rings. The Balaban J connectivity index is 1.61. The number of halogens is 1. The van der Waals surface area contributed by atoms with Gasteiger partial charge in [-0.15, -0.1) is 0 Å². The zero-order chi connectivity index (χ0) is 24.2. The minimum Gasteiger partial charge on any atom is -0.497 e. The van der Waals surface area contributed by atoms with E-state index in [1.165, 1.54) is 12.1 Å². The topological polar surface area (TPSA) is 76.5 Å². The Bertz CT molecular complexity index is 1150. The van der Waals surface area contributed by atoms with Crippen molar-refractivity contribution in [3.05, 3.63) is 60.5 Å². The molecule has 7 nitrogen and oxygen atoms in total. The number of imidazole rings is 1. The van der Waals surface area contributed by atoms with Crippen LogP contribution in [0.15, 0.2) is 54.7 Å². The summed E-state index contributed by atoms with van der Waals surface area (Å²) in [5, 5.41) is 2.87. The number of hydrogen-bond acceptors (Lipinski definition) is 4. The van der Waals surface area contributed by atoms with Gasteiger partial charge in [-0.25, -0.2) is 9.37 Å². The number of rotatable bonds is 9. The zero-order valence-corrected chi connectivity index (χ0v) is 19.6. The number of methoxy groups -OCH3 is 1. The van der Waals surface area contributed by atoms with Gasteiger partial charge in [0, 0.05) is 29.9 Å². The fourth-order valence-corrected chi connectivity index (χ4v) is 3.77. The monoisotopic (exact) mass is 464 g/mol. The van der Waals surface area contributed by atoms with Gasteiger partial charge in [-0.1, -0.05) is 13.8 Å². The van der Waals surface area contributed by atoms with E-state index in [1.807, 2.05) is 38.1 Å². The van der Waals surface area contributed by atoms with E-state index < -0.39 is 0 Å². The summed E-state index contributed by atoms with van der Waals surface area (Å²) >= 11 is 0. The van der Waals surface area contributed by atoms with Crippen LogP contribution < -0.4 is 10.1 Å². The van der Waals surface area contributed by atoms with Crippen molar-refractivity contribution >= 4 is 17.8 Å². The average molecular weight is 465 g/mol. The van der Waals surface area contributed by atoms with Gasteiger partial charge in [0.2, 0.25) is 17.8 Å². The summed E-state index contributed by atoms with van der Waals surface area (Å²) in [7, 11) is 1.59. The summed E-state index contributed by atoms with van der Waals surface area (Å²) in [4.78, 5) is 31.9. The molecule has 1 saturated carbocycles. The van der Waals surface area contributed by atoms with Gasteiger partial charge in [-0.05, 0) is 67.3 Å². The minimum atomic E-state index is -0.336. The van der Waals surface area contributed by atoms with E-state index in [2.05, 4.69) is 10.3 Å². The van der Waals surface area contributed by atoms with Crippen molar-refractivity contribution in [2.45, 2.75) is 26.7 Å². The molecule has 0 aliphatic heterocycles. The van der Waals surface area contributed by atoms with Crippen LogP contribution in [-0.2, 0) is 9.59 Å². The number of amides is 2. The lowest BCUT2D eigenvalue weighted by atomic mass is 10.2. The molecule has 2 aromatic carbocycles. The molecule has 0 radical (unpaired) electrons. The summed E-state index contributed by atoms with van der Waals surface area (Å²) in [5.41, 5.74) is 2.07. The molecule has 0 saturated heterocycles. The molecule has 1 N–H and O–H groups in total. The molecule has 1 aliphatic carbocycles. The van der Waals surface area contributed by atoms with Gasteiger partial charge >= 0.3 is 0 Å². The lowest BCUT2D eigenvalue weighted by molar-refractivity contribution is -0.136. The maximum Gasteiger partial charge on any atom is 0.246 e. The predicted molar refractivity (Wildman–Crippen MR) is 128 cm³/mol. The van der Waals surface area contributed by atoms with Crippen molar-refractivity contribution < 1.29 is 18.7 Å². The number of hydrogen-bond donors (Lipinski definition) is 1. The fourth-order valence-electron chi connectivity index (χ4n) is 3.77. The molecule has 1 heterocycles. The lowest BCUT2D eigenvalue weighted by Crippen LogP contribution is -2.41. The highest BCUT2D eigenvalue weighted by Gasteiger charge is 2.34. The highest BCUT2D eigenvalue weighted by Crippen LogP contribution is 2.31. The van der Waals surface area contributed by atoms with E-state index in [9.17, 15) is 14.0 Å². The van der Waals surface area contributed by atoms with E-state index >= 15 is 0 Å². The SMILES string of the molecule is COc1ccc(-n2cc(-c3ccc(F)cc3)nc2NC(=O)CN(CC(C)C)C(=O)C2CC2)cc1. The highest BCUT2D eigenvalue weighted by atomic mass is 19.1. The Kier molecular flexibility index (Phi) is 6.95. The summed E-state index contributed by atoms with van der Waals surface area (Å²) in [6.45, 7) is 4.54. The largest absolute Gasteiger partial charge is 0.497 e. The van der Waals surface area contributed by atoms with Crippen molar-refractivity contribution in [1.82, 2.24) is 14.5 Å². The maximum atomic E-state index is 13.4. The molecule has 178 valence electrons. The predicted octanol–water partition coefficient (Wildman–Crippen LogP) is 4.52. The summed E-state index contributed by atoms with van der Waals surface area (Å²) in [5.74, 6) is 0.696. The second-order valence-corrected chi connectivity index (χ2v) is 8.96. The molecule has 0 unspecified atom stereocenters. The van der Waals surface area contributed by atoms with Crippen LogP contribution in [0, 0.1) is 17.7 Å². The summed E-state index contributed by atoms with van der Waals surface area (Å²) in [6, 6.07) is 13.4. The molecular formula is C26H29FN4O3. The van der Waals surface area contributed by atoms with Gasteiger partial charge in [-0.3, -0.25) is 19.5 Å². The number of ether oxygens (including phenoxy) is 1. The first-order valence-corrected chi connectivity index (χ1v) is 11.4. The Labute approximate surface area is 198 Å². The van der Waals surface area contributed by atoms with Crippen molar-refractivity contribution in [3.63, 3.8) is 0 Å². The van der Waals surface area contributed by atoms with Crippen LogP contribution in [0.4, 0.5) is 10.3 Å². The Morgan fingerprint density at radius 2 is 1.82 bits per heavy atom. The quantitative estimate of drug-likeness (QED) is 0.505. The molecule has 8 heteroatoms. The first kappa shape index (κ1) is 23.5. The van der Waals surface area contributed by atoms with Crippen molar-refractivity contribution in [3.8, 4) is 22.7 Å². The first-order chi connectivity index (χ1) is 16.3. The molecule has 4 rings (SSSR count). The molecule has 0 spiro atoms. The van der Waals surface area contributed by atoms with Gasteiger partial charge in [-0.2, -0.15) is 0 Å². The standard InChI is InChI=1S/C26H29FN4O3/c1-17(2)14-30(25(33)19-4-5-19)16-24(32)29-26-28-23(18-6-8-20(27)9-7-18)15-31(26)21-10-12-22(34-3)13-11-21/h6-13,15,17,19H,4-5,14,16H2,1-3H3,(H,28,29,32). The molecule has 1 fully saturated rings. The second-order valence-electron chi connectivity index (χ2n) is 8.96. The highest BCUT2D eigenvalue weighted by molar-refractivity contribution is 5.94. The van der Waals surface area contributed by atoms with Crippen LogP contribution in [0.1, 0.15) is 26.7 Å². The molecule has 0 bridgehead atoms. The number of aromatic nitrogens is 2. The number of nitrogens with one attached hydrogen (secondary N) is 1. The van der Waals surface area contributed by atoms with Gasteiger partial charge in [0.25, 0.3) is 0 Å². The second kappa shape index (κ2) is 10.1. The third kappa shape index (κ3) is 5.62. The first-order valence-electron chi connectivity index (χ1n) is 11.4. The Hall–Kier alpha value is -3.68. The Morgan fingerprint density at radius 3 is 2.41 bits per heavy atom. The minimum absolute atomic E-state index is 0.0329.